The third-order valence-electron chi connectivity index (χ3n) is 2.76. The van der Waals surface area contributed by atoms with E-state index in [1.807, 2.05) is 19.0 Å². The summed E-state index contributed by atoms with van der Waals surface area (Å²) >= 11 is 0. The molecule has 19 heavy (non-hydrogen) atoms. The lowest BCUT2D eigenvalue weighted by molar-refractivity contribution is 0.0691. The summed E-state index contributed by atoms with van der Waals surface area (Å²) in [6, 6.07) is 0. The van der Waals surface area contributed by atoms with Crippen molar-refractivity contribution in [2.24, 2.45) is 7.05 Å². The predicted molar refractivity (Wildman–Crippen MR) is 67.7 cm³/mol. The number of hydrogen-bond donors (Lipinski definition) is 1. The molecular weight excluding hydrogens is 248 g/mol. The molecule has 8 nitrogen and oxygen atoms in total. The molecule has 0 saturated carbocycles. The normalized spacial score (nSPS) is 11.2. The zero-order valence-corrected chi connectivity index (χ0v) is 11.1. The quantitative estimate of drug-likeness (QED) is 0.813. The van der Waals surface area contributed by atoms with Gasteiger partial charge in [-0.15, -0.1) is 5.10 Å². The number of nitrogens with zero attached hydrogens (tertiary/aromatic N) is 6. The molecule has 0 aromatic carbocycles. The largest absolute Gasteiger partial charge is 0.476 e. The van der Waals surface area contributed by atoms with E-state index in [-0.39, 0.29) is 5.69 Å². The highest BCUT2D eigenvalue weighted by Gasteiger charge is 2.22. The Morgan fingerprint density at radius 3 is 2.74 bits per heavy atom. The van der Waals surface area contributed by atoms with Crippen molar-refractivity contribution in [3.8, 4) is 11.4 Å². The van der Waals surface area contributed by atoms with Gasteiger partial charge in [0.25, 0.3) is 0 Å². The number of rotatable bonds is 5. The SMILES string of the molecule is CN(C)CCn1nnc(C(=O)O)c1-c1cncn1C. The number of carboxylic acid groups (broad SMARTS) is 1. The Balaban J connectivity index is 2.45. The van der Waals surface area contributed by atoms with Gasteiger partial charge in [-0.25, -0.2) is 14.5 Å². The fourth-order valence-corrected chi connectivity index (χ4v) is 1.75. The van der Waals surface area contributed by atoms with Gasteiger partial charge in [-0.1, -0.05) is 5.21 Å². The Morgan fingerprint density at radius 1 is 1.47 bits per heavy atom. The van der Waals surface area contributed by atoms with E-state index >= 15 is 0 Å². The van der Waals surface area contributed by atoms with Gasteiger partial charge in [0.2, 0.25) is 0 Å². The molecule has 1 N–H and O–H groups in total. The van der Waals surface area contributed by atoms with E-state index in [0.29, 0.717) is 17.9 Å². The van der Waals surface area contributed by atoms with Gasteiger partial charge in [-0.2, -0.15) is 0 Å². The Kier molecular flexibility index (Phi) is 3.61. The van der Waals surface area contributed by atoms with E-state index < -0.39 is 5.97 Å². The lowest BCUT2D eigenvalue weighted by atomic mass is 10.2. The van der Waals surface area contributed by atoms with Crippen LogP contribution in [0.5, 0.6) is 0 Å². The number of hydrogen-bond acceptors (Lipinski definition) is 5. The summed E-state index contributed by atoms with van der Waals surface area (Å²) in [5.41, 5.74) is 1.11. The lowest BCUT2D eigenvalue weighted by Crippen LogP contribution is -2.20. The van der Waals surface area contributed by atoms with Crippen LogP contribution in [0.3, 0.4) is 0 Å². The molecule has 2 aromatic heterocycles. The van der Waals surface area contributed by atoms with Crippen molar-refractivity contribution in [2.75, 3.05) is 20.6 Å². The molecule has 0 bridgehead atoms. The van der Waals surface area contributed by atoms with Crippen molar-refractivity contribution in [2.45, 2.75) is 6.54 Å². The van der Waals surface area contributed by atoms with Crippen molar-refractivity contribution in [3.63, 3.8) is 0 Å². The number of imidazole rings is 1. The second-order valence-electron chi connectivity index (χ2n) is 4.51. The molecule has 0 aliphatic rings. The van der Waals surface area contributed by atoms with Gasteiger partial charge in [0.05, 0.1) is 24.8 Å². The molecule has 0 spiro atoms. The molecule has 2 heterocycles. The van der Waals surface area contributed by atoms with Gasteiger partial charge in [0.15, 0.2) is 5.69 Å². The molecule has 102 valence electrons. The average molecular weight is 264 g/mol. The summed E-state index contributed by atoms with van der Waals surface area (Å²) in [5.74, 6) is -1.09. The highest BCUT2D eigenvalue weighted by molar-refractivity contribution is 5.92. The van der Waals surface area contributed by atoms with Gasteiger partial charge in [0, 0.05) is 13.6 Å². The fourth-order valence-electron chi connectivity index (χ4n) is 1.75. The Bertz CT molecular complexity index is 586. The summed E-state index contributed by atoms with van der Waals surface area (Å²) in [6.07, 6.45) is 3.22. The van der Waals surface area contributed by atoms with Gasteiger partial charge >= 0.3 is 5.97 Å². The van der Waals surface area contributed by atoms with E-state index in [1.165, 1.54) is 0 Å². The Hall–Kier alpha value is -2.22. The summed E-state index contributed by atoms with van der Waals surface area (Å²) in [6.45, 7) is 1.31. The zero-order valence-electron chi connectivity index (χ0n) is 11.1. The molecule has 0 radical (unpaired) electrons. The minimum atomic E-state index is -1.09. The van der Waals surface area contributed by atoms with Crippen LogP contribution < -0.4 is 0 Å². The van der Waals surface area contributed by atoms with Crippen LogP contribution in [0, 0.1) is 0 Å². The number of likely N-dealkylation sites (N-methyl/N-ethyl adjacent to an activating group) is 1. The third kappa shape index (κ3) is 2.63. The molecule has 0 fully saturated rings. The second kappa shape index (κ2) is 5.19. The van der Waals surface area contributed by atoms with Gasteiger partial charge in [-0.05, 0) is 14.1 Å². The molecule has 0 aliphatic heterocycles. The Morgan fingerprint density at radius 2 is 2.21 bits per heavy atom. The van der Waals surface area contributed by atoms with Crippen molar-refractivity contribution in [1.82, 2.24) is 29.4 Å². The molecule has 0 amide bonds. The Labute approximate surface area is 110 Å². The lowest BCUT2D eigenvalue weighted by Gasteiger charge is -2.11. The summed E-state index contributed by atoms with van der Waals surface area (Å²) < 4.78 is 3.34. The van der Waals surface area contributed by atoms with Crippen molar-refractivity contribution < 1.29 is 9.90 Å². The van der Waals surface area contributed by atoms with E-state index in [2.05, 4.69) is 15.3 Å². The van der Waals surface area contributed by atoms with E-state index in [1.54, 1.807) is 28.8 Å². The minimum Gasteiger partial charge on any atom is -0.476 e. The summed E-state index contributed by atoms with van der Waals surface area (Å²) in [7, 11) is 5.69. The van der Waals surface area contributed by atoms with Crippen molar-refractivity contribution in [1.29, 1.82) is 0 Å². The second-order valence-corrected chi connectivity index (χ2v) is 4.51. The van der Waals surface area contributed by atoms with Crippen LogP contribution in [0.25, 0.3) is 11.4 Å². The van der Waals surface area contributed by atoms with Crippen molar-refractivity contribution in [3.05, 3.63) is 18.2 Å². The molecule has 2 aromatic rings. The summed E-state index contributed by atoms with van der Waals surface area (Å²) in [5, 5.41) is 16.9. The molecule has 2 rings (SSSR count). The highest BCUT2D eigenvalue weighted by atomic mass is 16.4. The predicted octanol–water partition coefficient (Wildman–Crippen LogP) is -0.0616. The number of carboxylic acids is 1. The van der Waals surface area contributed by atoms with E-state index in [4.69, 9.17) is 0 Å². The van der Waals surface area contributed by atoms with Gasteiger partial charge < -0.3 is 14.6 Å². The van der Waals surface area contributed by atoms with Crippen LogP contribution in [-0.2, 0) is 13.6 Å². The van der Waals surface area contributed by atoms with Crippen LogP contribution in [0.4, 0.5) is 0 Å². The van der Waals surface area contributed by atoms with Crippen LogP contribution in [0.2, 0.25) is 0 Å². The molecular formula is C11H16N6O2. The fraction of sp³-hybridized carbons (Fsp3) is 0.455. The first kappa shape index (κ1) is 13.2. The standard InChI is InChI=1S/C11H16N6O2/c1-15(2)4-5-17-10(8-6-12-7-16(8)3)9(11(18)19)13-14-17/h6-7H,4-5H2,1-3H3,(H,18,19). The highest BCUT2D eigenvalue weighted by Crippen LogP contribution is 2.21. The number of aromatic carboxylic acids is 1. The molecule has 8 heteroatoms. The van der Waals surface area contributed by atoms with Crippen molar-refractivity contribution >= 4 is 5.97 Å². The molecule has 0 aliphatic carbocycles. The summed E-state index contributed by atoms with van der Waals surface area (Å²) in [4.78, 5) is 17.2. The zero-order chi connectivity index (χ0) is 14.0. The van der Waals surface area contributed by atoms with Crippen LogP contribution in [-0.4, -0.2) is 61.2 Å². The third-order valence-corrected chi connectivity index (χ3v) is 2.76. The van der Waals surface area contributed by atoms with Crippen LogP contribution >= 0.6 is 0 Å². The van der Waals surface area contributed by atoms with E-state index in [9.17, 15) is 9.90 Å². The van der Waals surface area contributed by atoms with Gasteiger partial charge in [-0.3, -0.25) is 0 Å². The minimum absolute atomic E-state index is 0.0534. The maximum atomic E-state index is 11.2. The molecule has 0 unspecified atom stereocenters. The van der Waals surface area contributed by atoms with Crippen LogP contribution in [0.15, 0.2) is 12.5 Å². The first-order chi connectivity index (χ1) is 9.00. The topological polar surface area (TPSA) is 89.1 Å². The number of aryl methyl sites for hydroxylation is 1. The first-order valence-corrected chi connectivity index (χ1v) is 5.79. The number of carbonyl (C=O) groups is 1. The van der Waals surface area contributed by atoms with Gasteiger partial charge in [0.1, 0.15) is 5.69 Å². The van der Waals surface area contributed by atoms with E-state index in [0.717, 1.165) is 6.54 Å². The molecule has 0 saturated heterocycles. The average Bonchev–Trinajstić information content (AvgIpc) is 2.91. The monoisotopic (exact) mass is 264 g/mol. The first-order valence-electron chi connectivity index (χ1n) is 5.79. The molecule has 0 atom stereocenters. The maximum Gasteiger partial charge on any atom is 0.358 e. The number of aromatic nitrogens is 5. The maximum absolute atomic E-state index is 11.2. The van der Waals surface area contributed by atoms with Crippen LogP contribution in [0.1, 0.15) is 10.5 Å². The smallest absolute Gasteiger partial charge is 0.358 e.